The molecule has 1 unspecified atom stereocenters. The van der Waals surface area contributed by atoms with Crippen molar-refractivity contribution < 1.29 is 33.9 Å². The van der Waals surface area contributed by atoms with Crippen LogP contribution >= 0.6 is 0 Å². The van der Waals surface area contributed by atoms with Gasteiger partial charge in [0.15, 0.2) is 5.78 Å². The van der Waals surface area contributed by atoms with Crippen LogP contribution in [0, 0.1) is 5.92 Å². The first-order chi connectivity index (χ1) is 19.2. The number of Topliss-reactive ketones (excluding diaryl/α,β-unsaturated/α-hetero) is 1. The molecule has 0 aliphatic carbocycles. The van der Waals surface area contributed by atoms with Gasteiger partial charge >= 0.3 is 5.97 Å². The highest BCUT2D eigenvalue weighted by molar-refractivity contribution is 6.02. The smallest absolute Gasteiger partial charge is 0.305 e. The SMILES string of the molecule is CC(C)[C@H](NC(=O)c1ccc2ccccc2n1)C1=NOC(C(=O)N[C@@H](CC(=O)O)C(=O)COc2ccccc2)C1. The van der Waals surface area contributed by atoms with Gasteiger partial charge in [-0.05, 0) is 30.2 Å². The number of fused-ring (bicyclic) bond motifs is 1. The minimum Gasteiger partial charge on any atom is -0.486 e. The van der Waals surface area contributed by atoms with E-state index in [9.17, 15) is 24.3 Å². The lowest BCUT2D eigenvalue weighted by Gasteiger charge is -2.22. The second kappa shape index (κ2) is 12.8. The van der Waals surface area contributed by atoms with E-state index in [1.807, 2.05) is 44.2 Å². The molecule has 0 radical (unpaired) electrons. The van der Waals surface area contributed by atoms with Crippen LogP contribution in [0.3, 0.4) is 0 Å². The summed E-state index contributed by atoms with van der Waals surface area (Å²) in [4.78, 5) is 59.7. The van der Waals surface area contributed by atoms with Crippen LogP contribution < -0.4 is 15.4 Å². The molecule has 1 aliphatic heterocycles. The van der Waals surface area contributed by atoms with Gasteiger partial charge in [-0.25, -0.2) is 4.98 Å². The van der Waals surface area contributed by atoms with Crippen LogP contribution in [0.1, 0.15) is 37.2 Å². The molecule has 4 rings (SSSR count). The lowest BCUT2D eigenvalue weighted by atomic mass is 9.95. The lowest BCUT2D eigenvalue weighted by Crippen LogP contribution is -2.49. The van der Waals surface area contributed by atoms with Gasteiger partial charge in [0.25, 0.3) is 11.8 Å². The summed E-state index contributed by atoms with van der Waals surface area (Å²) in [5.74, 6) is -2.60. The summed E-state index contributed by atoms with van der Waals surface area (Å²) in [5.41, 5.74) is 1.37. The number of benzene rings is 2. The molecule has 2 amide bonds. The first kappa shape index (κ1) is 28.2. The highest BCUT2D eigenvalue weighted by Crippen LogP contribution is 2.19. The van der Waals surface area contributed by atoms with Crippen LogP contribution in [0.25, 0.3) is 10.9 Å². The third kappa shape index (κ3) is 7.19. The number of hydrogen-bond acceptors (Lipinski definition) is 8. The number of carboxylic acids is 1. The van der Waals surface area contributed by atoms with Crippen molar-refractivity contribution in [3.63, 3.8) is 0 Å². The van der Waals surface area contributed by atoms with Gasteiger partial charge in [-0.15, -0.1) is 0 Å². The van der Waals surface area contributed by atoms with Crippen molar-refractivity contribution in [2.24, 2.45) is 11.1 Å². The molecule has 3 atom stereocenters. The monoisotopic (exact) mass is 546 g/mol. The maximum Gasteiger partial charge on any atom is 0.305 e. The van der Waals surface area contributed by atoms with Gasteiger partial charge in [-0.1, -0.05) is 61.5 Å². The van der Waals surface area contributed by atoms with E-state index in [1.165, 1.54) is 0 Å². The molecule has 11 nitrogen and oxygen atoms in total. The summed E-state index contributed by atoms with van der Waals surface area (Å²) in [6.07, 6.45) is -1.66. The Kier molecular flexibility index (Phi) is 9.05. The zero-order valence-corrected chi connectivity index (χ0v) is 22.1. The third-order valence-electron chi connectivity index (χ3n) is 6.34. The summed E-state index contributed by atoms with van der Waals surface area (Å²) in [6.45, 7) is 3.37. The number of carboxylic acid groups (broad SMARTS) is 1. The normalized spacial score (nSPS) is 16.0. The van der Waals surface area contributed by atoms with Crippen molar-refractivity contribution >= 4 is 40.2 Å². The van der Waals surface area contributed by atoms with Crippen LogP contribution in [-0.2, 0) is 19.2 Å². The summed E-state index contributed by atoms with van der Waals surface area (Å²) < 4.78 is 5.42. The van der Waals surface area contributed by atoms with E-state index >= 15 is 0 Å². The van der Waals surface area contributed by atoms with E-state index in [0.717, 1.165) is 5.39 Å². The average molecular weight is 547 g/mol. The van der Waals surface area contributed by atoms with Gasteiger partial charge in [-0.2, -0.15) is 0 Å². The zero-order chi connectivity index (χ0) is 28.6. The summed E-state index contributed by atoms with van der Waals surface area (Å²) in [7, 11) is 0. The van der Waals surface area contributed by atoms with E-state index in [4.69, 9.17) is 9.57 Å². The van der Waals surface area contributed by atoms with Gasteiger partial charge in [0.1, 0.15) is 24.1 Å². The van der Waals surface area contributed by atoms with Crippen LogP contribution in [0.15, 0.2) is 71.9 Å². The molecule has 3 aromatic rings. The summed E-state index contributed by atoms with van der Waals surface area (Å²) in [6, 6.07) is 17.6. The largest absolute Gasteiger partial charge is 0.486 e. The number of nitrogens with zero attached hydrogens (tertiary/aromatic N) is 2. The Morgan fingerprint density at radius 1 is 1.00 bits per heavy atom. The second-order valence-corrected chi connectivity index (χ2v) is 9.69. The van der Waals surface area contributed by atoms with Crippen LogP contribution in [0.5, 0.6) is 5.75 Å². The lowest BCUT2D eigenvalue weighted by molar-refractivity contribution is -0.141. The Labute approximate surface area is 230 Å². The number of ether oxygens (including phenoxy) is 1. The fourth-order valence-electron chi connectivity index (χ4n) is 4.22. The van der Waals surface area contributed by atoms with E-state index in [0.29, 0.717) is 17.0 Å². The number of aliphatic carboxylic acids is 1. The Bertz CT molecular complexity index is 1420. The molecule has 2 aromatic carbocycles. The van der Waals surface area contributed by atoms with Crippen molar-refractivity contribution in [1.29, 1.82) is 0 Å². The van der Waals surface area contributed by atoms with E-state index < -0.39 is 54.8 Å². The number of ketones is 1. The average Bonchev–Trinajstić information content (AvgIpc) is 3.44. The minimum atomic E-state index is -1.32. The molecule has 0 fully saturated rings. The molecule has 2 heterocycles. The topological polar surface area (TPSA) is 156 Å². The highest BCUT2D eigenvalue weighted by atomic mass is 16.6. The summed E-state index contributed by atoms with van der Waals surface area (Å²) >= 11 is 0. The van der Waals surface area contributed by atoms with Crippen molar-refractivity contribution in [2.75, 3.05) is 6.61 Å². The molecule has 1 aromatic heterocycles. The van der Waals surface area contributed by atoms with Crippen LogP contribution in [0.2, 0.25) is 0 Å². The number of hydrogen-bond donors (Lipinski definition) is 3. The predicted octanol–water partition coefficient (Wildman–Crippen LogP) is 2.74. The molecular formula is C29H30N4O7. The zero-order valence-electron chi connectivity index (χ0n) is 22.1. The van der Waals surface area contributed by atoms with Gasteiger partial charge in [-0.3, -0.25) is 19.2 Å². The molecule has 11 heteroatoms. The fourth-order valence-corrected chi connectivity index (χ4v) is 4.22. The standard InChI is InChI=1S/C29H30N4O7/c1-17(2)27(32-28(37)21-13-12-18-8-6-7-11-20(18)30-21)23-14-25(40-33-23)29(38)31-22(15-26(35)36)24(34)16-39-19-9-4-3-5-10-19/h3-13,17,22,25,27H,14-16H2,1-2H3,(H,31,38)(H,32,37)(H,35,36)/t22-,25?,27-/m0/s1. The van der Waals surface area contributed by atoms with E-state index in [2.05, 4.69) is 20.8 Å². The molecule has 0 saturated carbocycles. The Morgan fingerprint density at radius 2 is 1.73 bits per heavy atom. The number of carbonyl (C=O) groups excluding carboxylic acids is 3. The Morgan fingerprint density at radius 3 is 2.45 bits per heavy atom. The van der Waals surface area contributed by atoms with Gasteiger partial charge in [0.05, 0.1) is 23.7 Å². The number of nitrogens with one attached hydrogen (secondary N) is 2. The number of amides is 2. The number of aromatic nitrogens is 1. The Hall–Kier alpha value is -4.80. The molecule has 0 spiro atoms. The molecule has 0 saturated heterocycles. The third-order valence-corrected chi connectivity index (χ3v) is 6.34. The predicted molar refractivity (Wildman–Crippen MR) is 146 cm³/mol. The molecule has 40 heavy (non-hydrogen) atoms. The first-order valence-electron chi connectivity index (χ1n) is 12.8. The first-order valence-corrected chi connectivity index (χ1v) is 12.8. The van der Waals surface area contributed by atoms with E-state index in [-0.39, 0.29) is 18.0 Å². The molecule has 208 valence electrons. The van der Waals surface area contributed by atoms with Crippen molar-refractivity contribution in [1.82, 2.24) is 15.6 Å². The summed E-state index contributed by atoms with van der Waals surface area (Å²) in [5, 5.41) is 19.6. The van der Waals surface area contributed by atoms with Gasteiger partial charge < -0.3 is 25.3 Å². The molecule has 0 bridgehead atoms. The Balaban J connectivity index is 1.37. The number of oxime groups is 1. The molecule has 1 aliphatic rings. The van der Waals surface area contributed by atoms with E-state index in [1.54, 1.807) is 36.4 Å². The molecule has 3 N–H and O–H groups in total. The fraction of sp³-hybridized carbons (Fsp3) is 0.310. The maximum absolute atomic E-state index is 13.0. The van der Waals surface area contributed by atoms with Crippen molar-refractivity contribution in [3.8, 4) is 5.75 Å². The van der Waals surface area contributed by atoms with Crippen molar-refractivity contribution in [2.45, 2.75) is 44.9 Å². The number of rotatable bonds is 12. The quantitative estimate of drug-likeness (QED) is 0.313. The number of carbonyl (C=O) groups is 4. The minimum absolute atomic E-state index is 0.0502. The number of para-hydroxylation sites is 2. The maximum atomic E-state index is 13.0. The highest BCUT2D eigenvalue weighted by Gasteiger charge is 2.36. The second-order valence-electron chi connectivity index (χ2n) is 9.69. The van der Waals surface area contributed by atoms with Gasteiger partial charge in [0.2, 0.25) is 6.10 Å². The molecular weight excluding hydrogens is 516 g/mol. The van der Waals surface area contributed by atoms with Crippen LogP contribution in [0.4, 0.5) is 0 Å². The number of pyridine rings is 1. The van der Waals surface area contributed by atoms with Crippen LogP contribution in [-0.4, -0.2) is 64.2 Å². The van der Waals surface area contributed by atoms with Gasteiger partial charge in [0, 0.05) is 11.8 Å². The van der Waals surface area contributed by atoms with Crippen molar-refractivity contribution in [3.05, 3.63) is 72.4 Å².